The van der Waals surface area contributed by atoms with E-state index in [1.54, 1.807) is 11.3 Å². The van der Waals surface area contributed by atoms with Crippen molar-refractivity contribution >= 4 is 27.3 Å². The molecule has 1 N–H and O–H groups in total. The summed E-state index contributed by atoms with van der Waals surface area (Å²) in [5, 5.41) is 3.37. The van der Waals surface area contributed by atoms with E-state index in [1.165, 1.54) is 10.4 Å². The van der Waals surface area contributed by atoms with Gasteiger partial charge in [-0.3, -0.25) is 0 Å². The lowest BCUT2D eigenvalue weighted by molar-refractivity contribution is 0.312. The fourth-order valence-corrected chi connectivity index (χ4v) is 3.55. The summed E-state index contributed by atoms with van der Waals surface area (Å²) >= 11 is 5.27. The minimum atomic E-state index is 0.171. The van der Waals surface area contributed by atoms with Crippen molar-refractivity contribution < 1.29 is 4.74 Å². The van der Waals surface area contributed by atoms with Gasteiger partial charge in [0.05, 0.1) is 16.4 Å². The number of hydrogen-bond donors (Lipinski definition) is 1. The second-order valence-electron chi connectivity index (χ2n) is 4.25. The summed E-state index contributed by atoms with van der Waals surface area (Å²) in [5.41, 5.74) is 1.19. The van der Waals surface area contributed by atoms with E-state index in [0.717, 1.165) is 22.6 Å². The predicted molar refractivity (Wildman–Crippen MR) is 85.1 cm³/mol. The molecule has 0 saturated heterocycles. The molecule has 4 heteroatoms. The van der Waals surface area contributed by atoms with E-state index in [-0.39, 0.29) is 6.04 Å². The van der Waals surface area contributed by atoms with Crippen LogP contribution >= 0.6 is 27.3 Å². The Hall–Kier alpha value is -0.840. The third kappa shape index (κ3) is 3.59. The van der Waals surface area contributed by atoms with Gasteiger partial charge in [0, 0.05) is 10.4 Å². The quantitative estimate of drug-likeness (QED) is 0.829. The molecule has 1 atom stereocenters. The van der Waals surface area contributed by atoms with E-state index in [2.05, 4.69) is 52.4 Å². The Bertz CT molecular complexity index is 526. The standard InChI is InChI=1S/C15H18BrNOS/c1-3-10-18-12-7-5-4-6-11(12)15(17-2)13-8-9-14(16)19-13/h4-9,15,17H,3,10H2,1-2H3. The first-order valence-electron chi connectivity index (χ1n) is 6.40. The van der Waals surface area contributed by atoms with Gasteiger partial charge in [-0.1, -0.05) is 25.1 Å². The Morgan fingerprint density at radius 1 is 1.26 bits per heavy atom. The Morgan fingerprint density at radius 3 is 2.68 bits per heavy atom. The molecule has 2 rings (SSSR count). The van der Waals surface area contributed by atoms with Crippen molar-refractivity contribution in [2.75, 3.05) is 13.7 Å². The molecule has 0 saturated carbocycles. The molecule has 1 unspecified atom stereocenters. The smallest absolute Gasteiger partial charge is 0.124 e. The van der Waals surface area contributed by atoms with Gasteiger partial charge in [0.2, 0.25) is 0 Å². The summed E-state index contributed by atoms with van der Waals surface area (Å²) in [7, 11) is 1.98. The number of rotatable bonds is 6. The van der Waals surface area contributed by atoms with Crippen LogP contribution in [0.1, 0.15) is 29.8 Å². The molecule has 19 heavy (non-hydrogen) atoms. The van der Waals surface area contributed by atoms with Crippen LogP contribution in [-0.2, 0) is 0 Å². The number of thiophene rings is 1. The fraction of sp³-hybridized carbons (Fsp3) is 0.333. The second-order valence-corrected chi connectivity index (χ2v) is 6.74. The third-order valence-electron chi connectivity index (χ3n) is 2.86. The molecular formula is C15H18BrNOS. The maximum Gasteiger partial charge on any atom is 0.124 e. The number of hydrogen-bond acceptors (Lipinski definition) is 3. The summed E-state index contributed by atoms with van der Waals surface area (Å²) in [6, 6.07) is 12.6. The zero-order valence-electron chi connectivity index (χ0n) is 11.2. The van der Waals surface area contributed by atoms with Gasteiger partial charge < -0.3 is 10.1 Å². The van der Waals surface area contributed by atoms with Gasteiger partial charge >= 0.3 is 0 Å². The zero-order chi connectivity index (χ0) is 13.7. The molecule has 2 nitrogen and oxygen atoms in total. The van der Waals surface area contributed by atoms with E-state index >= 15 is 0 Å². The number of benzene rings is 1. The molecule has 1 aromatic heterocycles. The molecular weight excluding hydrogens is 322 g/mol. The molecule has 0 spiro atoms. The summed E-state index contributed by atoms with van der Waals surface area (Å²) in [6.07, 6.45) is 1.02. The third-order valence-corrected chi connectivity index (χ3v) is 4.55. The highest BCUT2D eigenvalue weighted by Gasteiger charge is 2.17. The molecule has 0 bridgehead atoms. The highest BCUT2D eigenvalue weighted by atomic mass is 79.9. The first kappa shape index (κ1) is 14.6. The van der Waals surface area contributed by atoms with Crippen molar-refractivity contribution in [1.29, 1.82) is 0 Å². The lowest BCUT2D eigenvalue weighted by Gasteiger charge is -2.19. The highest BCUT2D eigenvalue weighted by molar-refractivity contribution is 9.11. The second kappa shape index (κ2) is 7.08. The largest absolute Gasteiger partial charge is 0.493 e. The number of nitrogens with one attached hydrogen (secondary N) is 1. The van der Waals surface area contributed by atoms with E-state index in [1.807, 2.05) is 19.2 Å². The minimum absolute atomic E-state index is 0.171. The van der Waals surface area contributed by atoms with Crippen LogP contribution in [-0.4, -0.2) is 13.7 Å². The van der Waals surface area contributed by atoms with Crippen molar-refractivity contribution in [2.45, 2.75) is 19.4 Å². The molecule has 1 aromatic carbocycles. The van der Waals surface area contributed by atoms with Crippen LogP contribution in [0.5, 0.6) is 5.75 Å². The lowest BCUT2D eigenvalue weighted by atomic mass is 10.0. The Kier molecular flexibility index (Phi) is 5.43. The van der Waals surface area contributed by atoms with Gasteiger partial charge in [-0.25, -0.2) is 0 Å². The molecule has 0 fully saturated rings. The van der Waals surface area contributed by atoms with Crippen molar-refractivity contribution in [3.63, 3.8) is 0 Å². The van der Waals surface area contributed by atoms with Gasteiger partial charge in [-0.05, 0) is 47.6 Å². The first-order chi connectivity index (χ1) is 9.26. The summed E-state index contributed by atoms with van der Waals surface area (Å²) in [5.74, 6) is 0.966. The van der Waals surface area contributed by atoms with E-state index in [0.29, 0.717) is 0 Å². The maximum absolute atomic E-state index is 5.85. The molecule has 102 valence electrons. The Labute approximate surface area is 126 Å². The maximum atomic E-state index is 5.85. The van der Waals surface area contributed by atoms with Crippen molar-refractivity contribution in [3.05, 3.63) is 50.6 Å². The van der Waals surface area contributed by atoms with Gasteiger partial charge in [-0.2, -0.15) is 0 Å². The molecule has 0 radical (unpaired) electrons. The molecule has 0 aliphatic heterocycles. The van der Waals surface area contributed by atoms with Gasteiger partial charge in [-0.15, -0.1) is 11.3 Å². The number of ether oxygens (including phenoxy) is 1. The summed E-state index contributed by atoms with van der Waals surface area (Å²) < 4.78 is 7.00. The molecule has 1 heterocycles. The lowest BCUT2D eigenvalue weighted by Crippen LogP contribution is -2.17. The van der Waals surface area contributed by atoms with Crippen molar-refractivity contribution in [3.8, 4) is 5.75 Å². The molecule has 0 aliphatic carbocycles. The highest BCUT2D eigenvalue weighted by Crippen LogP contribution is 2.35. The topological polar surface area (TPSA) is 21.3 Å². The molecule has 0 amide bonds. The zero-order valence-corrected chi connectivity index (χ0v) is 13.6. The van der Waals surface area contributed by atoms with Crippen molar-refractivity contribution in [1.82, 2.24) is 5.32 Å². The number of para-hydroxylation sites is 1. The number of halogens is 1. The predicted octanol–water partition coefficient (Wildman–Crippen LogP) is 4.61. The average molecular weight is 340 g/mol. The SMILES string of the molecule is CCCOc1ccccc1C(NC)c1ccc(Br)s1. The summed E-state index contributed by atoms with van der Waals surface area (Å²) in [6.45, 7) is 2.87. The molecule has 2 aromatic rings. The van der Waals surface area contributed by atoms with Crippen LogP contribution in [0.3, 0.4) is 0 Å². The Morgan fingerprint density at radius 2 is 2.05 bits per heavy atom. The average Bonchev–Trinajstić information content (AvgIpc) is 2.85. The van der Waals surface area contributed by atoms with Crippen LogP contribution in [0, 0.1) is 0 Å². The van der Waals surface area contributed by atoms with Crippen LogP contribution in [0.2, 0.25) is 0 Å². The Balaban J connectivity index is 2.32. The van der Waals surface area contributed by atoms with E-state index in [9.17, 15) is 0 Å². The molecule has 0 aliphatic rings. The fourth-order valence-electron chi connectivity index (χ4n) is 2.00. The van der Waals surface area contributed by atoms with Crippen LogP contribution in [0.4, 0.5) is 0 Å². The van der Waals surface area contributed by atoms with E-state index < -0.39 is 0 Å². The van der Waals surface area contributed by atoms with E-state index in [4.69, 9.17) is 4.74 Å². The minimum Gasteiger partial charge on any atom is -0.493 e. The van der Waals surface area contributed by atoms with Crippen LogP contribution in [0.15, 0.2) is 40.2 Å². The van der Waals surface area contributed by atoms with Crippen LogP contribution < -0.4 is 10.1 Å². The van der Waals surface area contributed by atoms with Crippen molar-refractivity contribution in [2.24, 2.45) is 0 Å². The monoisotopic (exact) mass is 339 g/mol. The van der Waals surface area contributed by atoms with Gasteiger partial charge in [0.15, 0.2) is 0 Å². The van der Waals surface area contributed by atoms with Gasteiger partial charge in [0.1, 0.15) is 5.75 Å². The normalized spacial score (nSPS) is 12.4. The first-order valence-corrected chi connectivity index (χ1v) is 8.01. The van der Waals surface area contributed by atoms with Gasteiger partial charge in [0.25, 0.3) is 0 Å². The summed E-state index contributed by atoms with van der Waals surface area (Å²) in [4.78, 5) is 1.28. The van der Waals surface area contributed by atoms with Crippen LogP contribution in [0.25, 0.3) is 0 Å².